The average Bonchev–Trinajstić information content (AvgIpc) is 3.15. The number of carbonyl (C=O) groups is 1. The van der Waals surface area contributed by atoms with Gasteiger partial charge in [0.05, 0.1) is 30.3 Å². The maximum absolute atomic E-state index is 11.4. The van der Waals surface area contributed by atoms with Gasteiger partial charge >= 0.3 is 5.97 Å². The maximum Gasteiger partial charge on any atom is 0.307 e. The van der Waals surface area contributed by atoms with Crippen LogP contribution >= 0.6 is 11.3 Å². The van der Waals surface area contributed by atoms with Crippen molar-refractivity contribution in [3.05, 3.63) is 58.7 Å². The highest BCUT2D eigenvalue weighted by atomic mass is 32.1. The standard InChI is InChI=1S/C20H18N2O3S/c1-12-14(10-20(23)24)15-9-13(25-2)7-8-17(15)22(12)11-19-21-16-5-3-4-6-18(16)26-19/h3-9H,10-11H2,1-2H3,(H,23,24). The molecule has 0 spiro atoms. The minimum absolute atomic E-state index is 0.0116. The second-order valence-electron chi connectivity index (χ2n) is 6.18. The van der Waals surface area contributed by atoms with Crippen LogP contribution in [-0.4, -0.2) is 27.7 Å². The van der Waals surface area contributed by atoms with E-state index >= 15 is 0 Å². The Labute approximate surface area is 154 Å². The molecule has 0 aliphatic carbocycles. The highest BCUT2D eigenvalue weighted by molar-refractivity contribution is 7.18. The van der Waals surface area contributed by atoms with E-state index in [1.54, 1.807) is 18.4 Å². The third kappa shape index (κ3) is 2.82. The van der Waals surface area contributed by atoms with E-state index < -0.39 is 5.97 Å². The first-order chi connectivity index (χ1) is 12.6. The van der Waals surface area contributed by atoms with Crippen LogP contribution < -0.4 is 4.74 Å². The lowest BCUT2D eigenvalue weighted by Gasteiger charge is -2.06. The summed E-state index contributed by atoms with van der Waals surface area (Å²) in [6.45, 7) is 2.59. The number of benzene rings is 2. The highest BCUT2D eigenvalue weighted by Gasteiger charge is 2.18. The third-order valence-corrected chi connectivity index (χ3v) is 5.64. The first-order valence-electron chi connectivity index (χ1n) is 8.29. The van der Waals surface area contributed by atoms with E-state index in [0.717, 1.165) is 43.1 Å². The van der Waals surface area contributed by atoms with E-state index in [-0.39, 0.29) is 6.42 Å². The molecule has 26 heavy (non-hydrogen) atoms. The first kappa shape index (κ1) is 16.6. The Kier molecular flexibility index (Phi) is 4.12. The van der Waals surface area contributed by atoms with Crippen LogP contribution in [-0.2, 0) is 17.8 Å². The minimum Gasteiger partial charge on any atom is -0.497 e. The lowest BCUT2D eigenvalue weighted by Crippen LogP contribution is -2.04. The summed E-state index contributed by atoms with van der Waals surface area (Å²) in [5.74, 6) is -0.115. The van der Waals surface area contributed by atoms with Crippen molar-refractivity contribution in [2.45, 2.75) is 19.9 Å². The van der Waals surface area contributed by atoms with Gasteiger partial charge in [0.1, 0.15) is 10.8 Å². The van der Waals surface area contributed by atoms with Crippen LogP contribution in [0.5, 0.6) is 5.75 Å². The summed E-state index contributed by atoms with van der Waals surface area (Å²) >= 11 is 1.67. The Morgan fingerprint density at radius 1 is 1.27 bits per heavy atom. The number of hydrogen-bond acceptors (Lipinski definition) is 4. The number of ether oxygens (including phenoxy) is 1. The van der Waals surface area contributed by atoms with Gasteiger partial charge < -0.3 is 14.4 Å². The molecule has 5 nitrogen and oxygen atoms in total. The largest absolute Gasteiger partial charge is 0.497 e. The van der Waals surface area contributed by atoms with Gasteiger partial charge in [0.2, 0.25) is 0 Å². The predicted octanol–water partition coefficient (Wildman–Crippen LogP) is 4.24. The summed E-state index contributed by atoms with van der Waals surface area (Å²) in [5, 5.41) is 11.2. The van der Waals surface area contributed by atoms with Crippen LogP contribution in [0.4, 0.5) is 0 Å². The number of carboxylic acids is 1. The number of hydrogen-bond donors (Lipinski definition) is 1. The molecular weight excluding hydrogens is 348 g/mol. The van der Waals surface area contributed by atoms with Crippen molar-refractivity contribution < 1.29 is 14.6 Å². The molecule has 0 radical (unpaired) electrons. The highest BCUT2D eigenvalue weighted by Crippen LogP contribution is 2.31. The number of thiazole rings is 1. The molecule has 2 aromatic carbocycles. The van der Waals surface area contributed by atoms with E-state index in [2.05, 4.69) is 10.6 Å². The molecule has 0 saturated carbocycles. The van der Waals surface area contributed by atoms with Gasteiger partial charge in [-0.1, -0.05) is 12.1 Å². The van der Waals surface area contributed by atoms with Gasteiger partial charge in [0.25, 0.3) is 0 Å². The molecule has 2 aromatic heterocycles. The lowest BCUT2D eigenvalue weighted by atomic mass is 10.1. The SMILES string of the molecule is COc1ccc2c(c1)c(CC(=O)O)c(C)n2Cc1nc2ccccc2s1. The zero-order valence-electron chi connectivity index (χ0n) is 14.5. The van der Waals surface area contributed by atoms with Gasteiger partial charge in [0, 0.05) is 16.6 Å². The Balaban J connectivity index is 1.85. The van der Waals surface area contributed by atoms with Gasteiger partial charge in [-0.2, -0.15) is 0 Å². The van der Waals surface area contributed by atoms with Gasteiger partial charge in [-0.3, -0.25) is 4.79 Å². The molecule has 0 aliphatic heterocycles. The molecule has 4 rings (SSSR count). The topological polar surface area (TPSA) is 64.3 Å². The quantitative estimate of drug-likeness (QED) is 0.574. The lowest BCUT2D eigenvalue weighted by molar-refractivity contribution is -0.136. The van der Waals surface area contributed by atoms with E-state index in [9.17, 15) is 9.90 Å². The van der Waals surface area contributed by atoms with Gasteiger partial charge in [0.15, 0.2) is 0 Å². The van der Waals surface area contributed by atoms with Crippen LogP contribution in [0.1, 0.15) is 16.3 Å². The molecule has 0 amide bonds. The average molecular weight is 366 g/mol. The number of nitrogens with zero attached hydrogens (tertiary/aromatic N) is 2. The van der Waals surface area contributed by atoms with Crippen molar-refractivity contribution in [3.63, 3.8) is 0 Å². The summed E-state index contributed by atoms with van der Waals surface area (Å²) in [5.41, 5.74) is 3.77. The Morgan fingerprint density at radius 2 is 2.08 bits per heavy atom. The summed E-state index contributed by atoms with van der Waals surface area (Å²) in [6.07, 6.45) is -0.0116. The van der Waals surface area contributed by atoms with Gasteiger partial charge in [-0.25, -0.2) is 4.98 Å². The molecule has 0 bridgehead atoms. The number of rotatable bonds is 5. The van der Waals surface area contributed by atoms with Crippen molar-refractivity contribution in [2.75, 3.05) is 7.11 Å². The van der Waals surface area contributed by atoms with Crippen LogP contribution in [0.3, 0.4) is 0 Å². The van der Waals surface area contributed by atoms with Gasteiger partial charge in [-0.15, -0.1) is 11.3 Å². The second kappa shape index (κ2) is 6.46. The van der Waals surface area contributed by atoms with E-state index in [0.29, 0.717) is 6.54 Å². The number of carboxylic acid groups (broad SMARTS) is 1. The number of aromatic nitrogens is 2. The summed E-state index contributed by atoms with van der Waals surface area (Å²) < 4.78 is 8.62. The smallest absolute Gasteiger partial charge is 0.307 e. The maximum atomic E-state index is 11.4. The third-order valence-electron chi connectivity index (χ3n) is 4.62. The molecular formula is C20H18N2O3S. The molecule has 0 aliphatic rings. The fourth-order valence-electron chi connectivity index (χ4n) is 3.36. The van der Waals surface area contributed by atoms with Crippen LogP contribution in [0, 0.1) is 6.92 Å². The molecule has 0 unspecified atom stereocenters. The van der Waals surface area contributed by atoms with Crippen LogP contribution in [0.2, 0.25) is 0 Å². The normalized spacial score (nSPS) is 11.3. The number of para-hydroxylation sites is 1. The van der Waals surface area contributed by atoms with Crippen LogP contribution in [0.15, 0.2) is 42.5 Å². The Hall–Kier alpha value is -2.86. The summed E-state index contributed by atoms with van der Waals surface area (Å²) in [4.78, 5) is 16.1. The fourth-order valence-corrected chi connectivity index (χ4v) is 4.31. The van der Waals surface area contributed by atoms with Crippen molar-refractivity contribution in [1.82, 2.24) is 9.55 Å². The predicted molar refractivity (Wildman–Crippen MR) is 103 cm³/mol. The fraction of sp³-hybridized carbons (Fsp3) is 0.200. The molecule has 0 atom stereocenters. The molecule has 4 aromatic rings. The Morgan fingerprint density at radius 3 is 2.81 bits per heavy atom. The number of fused-ring (bicyclic) bond motifs is 2. The molecule has 0 saturated heterocycles. The minimum atomic E-state index is -0.838. The monoisotopic (exact) mass is 366 g/mol. The summed E-state index contributed by atoms with van der Waals surface area (Å²) in [6, 6.07) is 13.9. The van der Waals surface area contributed by atoms with Crippen molar-refractivity contribution >= 4 is 38.4 Å². The second-order valence-corrected chi connectivity index (χ2v) is 7.29. The molecule has 2 heterocycles. The zero-order chi connectivity index (χ0) is 18.3. The van der Waals surface area contributed by atoms with Crippen molar-refractivity contribution in [1.29, 1.82) is 0 Å². The van der Waals surface area contributed by atoms with E-state index in [1.807, 2.05) is 43.3 Å². The van der Waals surface area contributed by atoms with Crippen molar-refractivity contribution in [3.8, 4) is 5.75 Å². The summed E-state index contributed by atoms with van der Waals surface area (Å²) in [7, 11) is 1.61. The first-order valence-corrected chi connectivity index (χ1v) is 9.10. The number of aliphatic carboxylic acids is 1. The zero-order valence-corrected chi connectivity index (χ0v) is 15.3. The molecule has 0 fully saturated rings. The Bertz CT molecular complexity index is 1090. The van der Waals surface area contributed by atoms with Crippen LogP contribution in [0.25, 0.3) is 21.1 Å². The molecule has 132 valence electrons. The molecule has 6 heteroatoms. The van der Waals surface area contributed by atoms with Crippen molar-refractivity contribution in [2.24, 2.45) is 0 Å². The van der Waals surface area contributed by atoms with E-state index in [1.165, 1.54) is 0 Å². The molecule has 1 N–H and O–H groups in total. The number of methoxy groups -OCH3 is 1. The van der Waals surface area contributed by atoms with E-state index in [4.69, 9.17) is 9.72 Å². The van der Waals surface area contributed by atoms with Gasteiger partial charge in [-0.05, 0) is 42.8 Å².